The number of fused-ring (bicyclic) bond motifs is 16. The van der Waals surface area contributed by atoms with E-state index in [0.29, 0.717) is 17.5 Å². The molecule has 0 N–H and O–H groups in total. The molecule has 6 aromatic carbocycles. The molecule has 5 aromatic heterocycles. The number of hydrogen-bond donors (Lipinski definition) is 0. The summed E-state index contributed by atoms with van der Waals surface area (Å²) in [6, 6.07) is 53.8. The van der Waals surface area contributed by atoms with Crippen molar-refractivity contribution < 1.29 is 0 Å². The van der Waals surface area contributed by atoms with Crippen molar-refractivity contribution >= 4 is 43.6 Å². The van der Waals surface area contributed by atoms with Crippen molar-refractivity contribution in [1.29, 1.82) is 0 Å². The Balaban J connectivity index is 1.03. The van der Waals surface area contributed by atoms with Crippen LogP contribution in [0, 0.1) is 0 Å². The van der Waals surface area contributed by atoms with E-state index < -0.39 is 5.41 Å². The maximum Gasteiger partial charge on any atom is 0.165 e. The van der Waals surface area contributed by atoms with E-state index in [1.807, 2.05) is 24.5 Å². The summed E-state index contributed by atoms with van der Waals surface area (Å²) in [4.78, 5) is 34.7. The molecule has 11 aromatic rings. The van der Waals surface area contributed by atoms with E-state index in [9.17, 15) is 0 Å². The van der Waals surface area contributed by atoms with E-state index in [0.717, 1.165) is 60.3 Å². The van der Waals surface area contributed by atoms with Crippen molar-refractivity contribution in [3.63, 3.8) is 0 Å². The topological polar surface area (TPSA) is 90.2 Å². The fourth-order valence-corrected chi connectivity index (χ4v) is 9.72. The van der Waals surface area contributed by atoms with Crippen LogP contribution >= 0.6 is 0 Å². The molecule has 2 aliphatic carbocycles. The third-order valence-corrected chi connectivity index (χ3v) is 12.3. The lowest BCUT2D eigenvalue weighted by atomic mass is 9.70. The van der Waals surface area contributed by atoms with Gasteiger partial charge in [-0.1, -0.05) is 121 Å². The van der Waals surface area contributed by atoms with E-state index in [2.05, 4.69) is 149 Å². The molecule has 1 spiro atoms. The second-order valence-electron chi connectivity index (χ2n) is 15.3. The maximum absolute atomic E-state index is 5.21. The van der Waals surface area contributed by atoms with Gasteiger partial charge in [-0.15, -0.1) is 0 Å². The van der Waals surface area contributed by atoms with E-state index in [-0.39, 0.29) is 0 Å². The van der Waals surface area contributed by atoms with Gasteiger partial charge in [-0.2, -0.15) is 0 Å². The number of benzene rings is 6. The summed E-state index contributed by atoms with van der Waals surface area (Å²) in [7, 11) is 0. The van der Waals surface area contributed by atoms with Gasteiger partial charge in [-0.05, 0) is 74.8 Å². The number of aromatic nitrogens is 7. The van der Waals surface area contributed by atoms with E-state index in [1.165, 1.54) is 44.5 Å². The first-order valence-electron chi connectivity index (χ1n) is 19.7. The molecule has 2 aliphatic rings. The Morgan fingerprint density at radius 3 is 1.25 bits per heavy atom. The molecule has 0 aliphatic heterocycles. The summed E-state index contributed by atoms with van der Waals surface area (Å²) in [5.74, 6) is 1.62. The molecular formula is C52H29N7. The van der Waals surface area contributed by atoms with Crippen molar-refractivity contribution in [2.45, 2.75) is 5.41 Å². The Morgan fingerprint density at radius 2 is 0.729 bits per heavy atom. The number of nitrogens with zero attached hydrogens (tertiary/aromatic N) is 7. The van der Waals surface area contributed by atoms with E-state index in [1.54, 1.807) is 12.4 Å². The second-order valence-corrected chi connectivity index (χ2v) is 15.3. The summed E-state index contributed by atoms with van der Waals surface area (Å²) in [5, 5.41) is 4.00. The van der Waals surface area contributed by atoms with Gasteiger partial charge in [0.2, 0.25) is 0 Å². The van der Waals surface area contributed by atoms with Crippen LogP contribution in [0.4, 0.5) is 0 Å². The van der Waals surface area contributed by atoms with Gasteiger partial charge in [0.25, 0.3) is 0 Å². The third kappa shape index (κ3) is 4.49. The van der Waals surface area contributed by atoms with Crippen molar-refractivity contribution in [1.82, 2.24) is 34.9 Å². The van der Waals surface area contributed by atoms with Gasteiger partial charge in [0.15, 0.2) is 17.5 Å². The van der Waals surface area contributed by atoms with Gasteiger partial charge in [-0.3, -0.25) is 19.9 Å². The molecule has 0 saturated heterocycles. The van der Waals surface area contributed by atoms with Crippen LogP contribution in [-0.4, -0.2) is 34.9 Å². The van der Waals surface area contributed by atoms with Gasteiger partial charge in [0, 0.05) is 63.0 Å². The fourth-order valence-electron chi connectivity index (χ4n) is 9.72. The average Bonchev–Trinajstić information content (AvgIpc) is 3.78. The average molecular weight is 752 g/mol. The van der Waals surface area contributed by atoms with Crippen LogP contribution in [0.3, 0.4) is 0 Å². The Labute approximate surface area is 337 Å². The predicted octanol–water partition coefficient (Wildman–Crippen LogP) is 11.4. The molecule has 7 heteroatoms. The number of pyridine rings is 4. The summed E-state index contributed by atoms with van der Waals surface area (Å²) in [6.45, 7) is 0. The highest BCUT2D eigenvalue weighted by molar-refractivity contribution is 6.04. The van der Waals surface area contributed by atoms with Crippen LogP contribution in [0.2, 0.25) is 0 Å². The van der Waals surface area contributed by atoms with Gasteiger partial charge in [-0.25, -0.2) is 15.0 Å². The van der Waals surface area contributed by atoms with Crippen LogP contribution in [0.5, 0.6) is 0 Å². The van der Waals surface area contributed by atoms with Gasteiger partial charge >= 0.3 is 0 Å². The lowest BCUT2D eigenvalue weighted by Crippen LogP contribution is -2.25. The fraction of sp³-hybridized carbons (Fsp3) is 0.0192. The zero-order valence-corrected chi connectivity index (χ0v) is 31.4. The highest BCUT2D eigenvalue weighted by Gasteiger charge is 2.51. The summed E-state index contributed by atoms with van der Waals surface area (Å²) >= 11 is 0. The zero-order chi connectivity index (χ0) is 38.7. The Hall–Kier alpha value is -8.03. The molecular weight excluding hydrogens is 723 g/mol. The normalized spacial score (nSPS) is 13.2. The minimum Gasteiger partial charge on any atom is -0.254 e. The largest absolute Gasteiger partial charge is 0.254 e. The first-order valence-corrected chi connectivity index (χ1v) is 19.7. The molecule has 0 fully saturated rings. The van der Waals surface area contributed by atoms with Gasteiger partial charge in [0.05, 0.1) is 27.5 Å². The minimum atomic E-state index is -0.432. The van der Waals surface area contributed by atoms with Crippen molar-refractivity contribution in [2.75, 3.05) is 0 Å². The van der Waals surface area contributed by atoms with E-state index >= 15 is 0 Å². The van der Waals surface area contributed by atoms with Crippen molar-refractivity contribution in [3.8, 4) is 56.4 Å². The van der Waals surface area contributed by atoms with E-state index in [4.69, 9.17) is 24.9 Å². The SMILES string of the molecule is c1ccc2c(c1)-c1ccccc1C21c2ccccc2-c2cc(-c3nc(-c4cnc5c(ccc6cccnc65)c4)nc(-c4cnc5c(ccc6cccnc65)c4)n3)ccc21. The summed E-state index contributed by atoms with van der Waals surface area (Å²) in [6.07, 6.45) is 7.29. The molecule has 5 heterocycles. The van der Waals surface area contributed by atoms with Gasteiger partial charge in [0.1, 0.15) is 0 Å². The quantitative estimate of drug-likeness (QED) is 0.166. The molecule has 0 amide bonds. The molecule has 59 heavy (non-hydrogen) atoms. The summed E-state index contributed by atoms with van der Waals surface area (Å²) in [5.41, 5.74) is 15.5. The maximum atomic E-state index is 5.21. The second kappa shape index (κ2) is 12.0. The first-order chi connectivity index (χ1) is 29.2. The number of rotatable bonds is 3. The van der Waals surface area contributed by atoms with Gasteiger partial charge < -0.3 is 0 Å². The third-order valence-electron chi connectivity index (χ3n) is 12.3. The predicted molar refractivity (Wildman–Crippen MR) is 234 cm³/mol. The lowest BCUT2D eigenvalue weighted by molar-refractivity contribution is 0.794. The molecule has 7 nitrogen and oxygen atoms in total. The van der Waals surface area contributed by atoms with Crippen LogP contribution in [0.15, 0.2) is 176 Å². The zero-order valence-electron chi connectivity index (χ0n) is 31.4. The van der Waals surface area contributed by atoms with Crippen LogP contribution in [0.25, 0.3) is 100 Å². The lowest BCUT2D eigenvalue weighted by Gasteiger charge is -2.30. The van der Waals surface area contributed by atoms with Crippen LogP contribution in [-0.2, 0) is 5.41 Å². The smallest absolute Gasteiger partial charge is 0.165 e. The molecule has 0 saturated carbocycles. The Morgan fingerprint density at radius 1 is 0.305 bits per heavy atom. The highest BCUT2D eigenvalue weighted by Crippen LogP contribution is 2.62. The Kier molecular flexibility index (Phi) is 6.52. The van der Waals surface area contributed by atoms with Crippen LogP contribution < -0.4 is 0 Å². The number of hydrogen-bond acceptors (Lipinski definition) is 7. The highest BCUT2D eigenvalue weighted by atomic mass is 15.0. The van der Waals surface area contributed by atoms with Crippen LogP contribution in [0.1, 0.15) is 22.3 Å². The summed E-state index contributed by atoms with van der Waals surface area (Å²) < 4.78 is 0. The molecule has 272 valence electrons. The first kappa shape index (κ1) is 32.1. The standard InChI is InChI=1S/C52H29N7/c1-4-14-41-37(11-1)38-12-2-5-15-42(38)52(41)43-16-6-3-13-39(43)40-27-34(21-22-44(40)52)49-57-50(35-25-32-19-17-30-9-7-23-53-45(30)47(32)55-28-35)59-51(58-49)36-26-33-20-18-31-10-8-24-54-46(31)48(33)56-29-36/h1-29H. The van der Waals surface area contributed by atoms with Crippen molar-refractivity contribution in [3.05, 3.63) is 199 Å². The molecule has 0 unspecified atom stereocenters. The molecule has 0 radical (unpaired) electrons. The monoisotopic (exact) mass is 751 g/mol. The molecule has 0 atom stereocenters. The Bertz CT molecular complexity index is 3410. The minimum absolute atomic E-state index is 0.432. The van der Waals surface area contributed by atoms with Crippen molar-refractivity contribution in [2.24, 2.45) is 0 Å². The molecule has 13 rings (SSSR count). The molecule has 0 bridgehead atoms.